The van der Waals surface area contributed by atoms with Gasteiger partial charge >= 0.3 is 0 Å². The number of nitrogens with zero attached hydrogens (tertiary/aromatic N) is 2. The van der Waals surface area contributed by atoms with Crippen LogP contribution in [0.25, 0.3) is 0 Å². The van der Waals surface area contributed by atoms with Crippen molar-refractivity contribution < 1.29 is 13.2 Å². The standard InChI is InChI=1S/C20H27N5O3S/c1-22-20(24-14-16-7-5-9-18(13-16)29(21,27)28)23-11-10-15-6-4-8-17(12-15)19(26)25(2)3/h4-9,12-13H,10-11,14H2,1-3H3,(H2,21,27,28)(H2,22,23,24). The molecule has 156 valence electrons. The zero-order valence-corrected chi connectivity index (χ0v) is 17.7. The van der Waals surface area contributed by atoms with E-state index in [9.17, 15) is 13.2 Å². The Labute approximate surface area is 171 Å². The second-order valence-corrected chi connectivity index (χ2v) is 8.26. The summed E-state index contributed by atoms with van der Waals surface area (Å²) < 4.78 is 22.9. The molecule has 0 spiro atoms. The fraction of sp³-hybridized carbons (Fsp3) is 0.300. The molecule has 0 saturated heterocycles. The molecule has 0 atom stereocenters. The number of amides is 1. The smallest absolute Gasteiger partial charge is 0.253 e. The van der Waals surface area contributed by atoms with Crippen LogP contribution in [-0.4, -0.2) is 52.9 Å². The van der Waals surface area contributed by atoms with Crippen LogP contribution in [-0.2, 0) is 23.0 Å². The number of hydrogen-bond acceptors (Lipinski definition) is 4. The summed E-state index contributed by atoms with van der Waals surface area (Å²) in [5.74, 6) is 0.561. The number of guanidine groups is 1. The van der Waals surface area contributed by atoms with Gasteiger partial charge in [-0.25, -0.2) is 13.6 Å². The third-order valence-electron chi connectivity index (χ3n) is 4.20. The molecule has 0 aliphatic carbocycles. The van der Waals surface area contributed by atoms with Crippen LogP contribution in [0, 0.1) is 0 Å². The van der Waals surface area contributed by atoms with Crippen LogP contribution in [0.5, 0.6) is 0 Å². The quantitative estimate of drug-likeness (QED) is 0.458. The summed E-state index contributed by atoms with van der Waals surface area (Å²) in [4.78, 5) is 17.9. The highest BCUT2D eigenvalue weighted by atomic mass is 32.2. The van der Waals surface area contributed by atoms with E-state index in [0.717, 1.165) is 17.5 Å². The topological polar surface area (TPSA) is 117 Å². The van der Waals surface area contributed by atoms with E-state index in [2.05, 4.69) is 15.6 Å². The lowest BCUT2D eigenvalue weighted by Crippen LogP contribution is -2.37. The second-order valence-electron chi connectivity index (χ2n) is 6.69. The number of carbonyl (C=O) groups is 1. The average molecular weight is 418 g/mol. The van der Waals surface area contributed by atoms with E-state index in [-0.39, 0.29) is 10.8 Å². The first-order valence-electron chi connectivity index (χ1n) is 9.07. The highest BCUT2D eigenvalue weighted by Crippen LogP contribution is 2.10. The molecule has 0 fully saturated rings. The first-order valence-corrected chi connectivity index (χ1v) is 10.6. The van der Waals surface area contributed by atoms with Gasteiger partial charge in [0.2, 0.25) is 10.0 Å². The van der Waals surface area contributed by atoms with E-state index < -0.39 is 10.0 Å². The van der Waals surface area contributed by atoms with Gasteiger partial charge in [0.15, 0.2) is 5.96 Å². The van der Waals surface area contributed by atoms with Crippen LogP contribution in [0.15, 0.2) is 58.4 Å². The van der Waals surface area contributed by atoms with Crippen LogP contribution in [0.1, 0.15) is 21.5 Å². The molecule has 2 rings (SSSR count). The van der Waals surface area contributed by atoms with Gasteiger partial charge in [-0.05, 0) is 41.8 Å². The molecule has 0 aliphatic rings. The number of nitrogens with two attached hydrogens (primary N) is 1. The molecule has 0 aliphatic heterocycles. The van der Waals surface area contributed by atoms with Gasteiger partial charge in [0.25, 0.3) is 5.91 Å². The lowest BCUT2D eigenvalue weighted by molar-refractivity contribution is 0.0827. The van der Waals surface area contributed by atoms with Crippen LogP contribution in [0.3, 0.4) is 0 Å². The fourth-order valence-corrected chi connectivity index (χ4v) is 3.27. The number of carbonyl (C=O) groups excluding carboxylic acids is 1. The number of sulfonamides is 1. The maximum atomic E-state index is 12.1. The van der Waals surface area contributed by atoms with Crippen molar-refractivity contribution in [3.8, 4) is 0 Å². The van der Waals surface area contributed by atoms with E-state index in [1.54, 1.807) is 38.2 Å². The fourth-order valence-electron chi connectivity index (χ4n) is 2.68. The average Bonchev–Trinajstić information content (AvgIpc) is 2.69. The van der Waals surface area contributed by atoms with E-state index in [0.29, 0.717) is 24.6 Å². The highest BCUT2D eigenvalue weighted by Gasteiger charge is 2.09. The number of rotatable bonds is 7. The first kappa shape index (κ1) is 22.4. The number of benzene rings is 2. The van der Waals surface area contributed by atoms with Crippen molar-refractivity contribution in [2.45, 2.75) is 17.9 Å². The van der Waals surface area contributed by atoms with Crippen molar-refractivity contribution in [3.05, 3.63) is 65.2 Å². The molecule has 0 aromatic heterocycles. The maximum Gasteiger partial charge on any atom is 0.253 e. The molecule has 29 heavy (non-hydrogen) atoms. The Morgan fingerprint density at radius 3 is 2.41 bits per heavy atom. The molecular weight excluding hydrogens is 390 g/mol. The van der Waals surface area contributed by atoms with Crippen molar-refractivity contribution in [3.63, 3.8) is 0 Å². The van der Waals surface area contributed by atoms with Crippen molar-refractivity contribution in [2.75, 3.05) is 27.7 Å². The highest BCUT2D eigenvalue weighted by molar-refractivity contribution is 7.89. The predicted molar refractivity (Wildman–Crippen MR) is 114 cm³/mol. The Morgan fingerprint density at radius 2 is 1.76 bits per heavy atom. The molecule has 4 N–H and O–H groups in total. The van der Waals surface area contributed by atoms with Crippen LogP contribution >= 0.6 is 0 Å². The second kappa shape index (κ2) is 10.0. The van der Waals surface area contributed by atoms with Gasteiger partial charge in [-0.3, -0.25) is 9.79 Å². The van der Waals surface area contributed by atoms with E-state index in [1.165, 1.54) is 12.1 Å². The minimum absolute atomic E-state index is 0.0287. The molecule has 9 heteroatoms. The molecule has 8 nitrogen and oxygen atoms in total. The minimum Gasteiger partial charge on any atom is -0.356 e. The van der Waals surface area contributed by atoms with Gasteiger partial charge in [0.05, 0.1) is 4.90 Å². The van der Waals surface area contributed by atoms with E-state index in [1.807, 2.05) is 24.3 Å². The normalized spacial score (nSPS) is 11.8. The van der Waals surface area contributed by atoms with Crippen molar-refractivity contribution >= 4 is 21.9 Å². The van der Waals surface area contributed by atoms with Gasteiger partial charge in [-0.2, -0.15) is 0 Å². The Hall–Kier alpha value is -2.91. The molecule has 0 unspecified atom stereocenters. The summed E-state index contributed by atoms with van der Waals surface area (Å²) in [7, 11) is 1.38. The van der Waals surface area contributed by atoms with Crippen molar-refractivity contribution in [2.24, 2.45) is 10.1 Å². The molecule has 0 bridgehead atoms. The Kier molecular flexibility index (Phi) is 7.74. The van der Waals surface area contributed by atoms with E-state index in [4.69, 9.17) is 5.14 Å². The number of hydrogen-bond donors (Lipinski definition) is 3. The monoisotopic (exact) mass is 417 g/mol. The summed E-state index contributed by atoms with van der Waals surface area (Å²) >= 11 is 0. The lowest BCUT2D eigenvalue weighted by Gasteiger charge is -2.13. The van der Waals surface area contributed by atoms with Crippen LogP contribution < -0.4 is 15.8 Å². The molecule has 2 aromatic carbocycles. The Bertz CT molecular complexity index is 987. The summed E-state index contributed by atoms with van der Waals surface area (Å²) in [6.07, 6.45) is 0.718. The third-order valence-corrected chi connectivity index (χ3v) is 5.11. The van der Waals surface area contributed by atoms with Gasteiger partial charge in [0.1, 0.15) is 0 Å². The summed E-state index contributed by atoms with van der Waals surface area (Å²) in [6, 6.07) is 14.0. The molecule has 2 aromatic rings. The molecule has 0 heterocycles. The summed E-state index contributed by atoms with van der Waals surface area (Å²) in [6.45, 7) is 1.02. The molecule has 0 saturated carbocycles. The van der Waals surface area contributed by atoms with Gasteiger partial charge in [0, 0.05) is 39.8 Å². The molecular formula is C20H27N5O3S. The number of aliphatic imine (C=N–C) groups is 1. The van der Waals surface area contributed by atoms with Crippen molar-refractivity contribution in [1.82, 2.24) is 15.5 Å². The molecule has 1 amide bonds. The first-order chi connectivity index (χ1) is 13.7. The predicted octanol–water partition coefficient (Wildman–Crippen LogP) is 0.944. The van der Waals surface area contributed by atoms with Crippen molar-refractivity contribution in [1.29, 1.82) is 0 Å². The Balaban J connectivity index is 1.89. The summed E-state index contributed by atoms with van der Waals surface area (Å²) in [5, 5.41) is 11.5. The van der Waals surface area contributed by atoms with E-state index >= 15 is 0 Å². The van der Waals surface area contributed by atoms with Gasteiger partial charge in [-0.15, -0.1) is 0 Å². The zero-order valence-electron chi connectivity index (χ0n) is 16.8. The van der Waals surface area contributed by atoms with Crippen LogP contribution in [0.4, 0.5) is 0 Å². The number of primary sulfonamides is 1. The Morgan fingerprint density at radius 1 is 1.07 bits per heavy atom. The van der Waals surface area contributed by atoms with Gasteiger partial charge in [-0.1, -0.05) is 24.3 Å². The minimum atomic E-state index is -3.73. The number of nitrogens with one attached hydrogen (secondary N) is 2. The lowest BCUT2D eigenvalue weighted by atomic mass is 10.1. The summed E-state index contributed by atoms with van der Waals surface area (Å²) in [5.41, 5.74) is 2.47. The largest absolute Gasteiger partial charge is 0.356 e. The zero-order chi connectivity index (χ0) is 21.4. The van der Waals surface area contributed by atoms with Crippen LogP contribution in [0.2, 0.25) is 0 Å². The SMILES string of the molecule is CN=C(NCCc1cccc(C(=O)N(C)C)c1)NCc1cccc(S(N)(=O)=O)c1. The van der Waals surface area contributed by atoms with Gasteiger partial charge < -0.3 is 15.5 Å². The molecule has 0 radical (unpaired) electrons. The third kappa shape index (κ3) is 6.88. The maximum absolute atomic E-state index is 12.1.